The average Bonchev–Trinajstić information content (AvgIpc) is 2.31. The molecular formula is C12H27N3O. The van der Waals surface area contributed by atoms with Crippen molar-refractivity contribution < 1.29 is 5.11 Å². The molecule has 96 valence electrons. The second-order valence-corrected chi connectivity index (χ2v) is 4.67. The van der Waals surface area contributed by atoms with Gasteiger partial charge in [-0.2, -0.15) is 0 Å². The van der Waals surface area contributed by atoms with Gasteiger partial charge in [0.15, 0.2) is 0 Å². The summed E-state index contributed by atoms with van der Waals surface area (Å²) < 4.78 is 0. The van der Waals surface area contributed by atoms with E-state index in [1.54, 1.807) is 0 Å². The molecule has 2 atom stereocenters. The zero-order valence-electron chi connectivity index (χ0n) is 10.7. The minimum absolute atomic E-state index is 0.114. The molecule has 0 bridgehead atoms. The quantitative estimate of drug-likeness (QED) is 0.679. The van der Waals surface area contributed by atoms with E-state index in [1.165, 1.54) is 0 Å². The van der Waals surface area contributed by atoms with Crippen LogP contribution in [0.25, 0.3) is 0 Å². The molecule has 0 aliphatic carbocycles. The van der Waals surface area contributed by atoms with Crippen LogP contribution in [-0.4, -0.2) is 66.3 Å². The molecule has 2 unspecified atom stereocenters. The van der Waals surface area contributed by atoms with Gasteiger partial charge in [0.05, 0.1) is 6.61 Å². The first-order chi connectivity index (χ1) is 7.72. The maximum absolute atomic E-state index is 9.46. The lowest BCUT2D eigenvalue weighted by molar-refractivity contribution is 0.0537. The van der Waals surface area contributed by atoms with Crippen LogP contribution in [-0.2, 0) is 0 Å². The lowest BCUT2D eigenvalue weighted by Gasteiger charge is -2.40. The molecule has 0 amide bonds. The van der Waals surface area contributed by atoms with Crippen LogP contribution >= 0.6 is 0 Å². The molecule has 0 aromatic carbocycles. The molecule has 1 fully saturated rings. The number of aliphatic hydroxyl groups is 1. The molecule has 3 N–H and O–H groups in total. The Morgan fingerprint density at radius 2 is 1.81 bits per heavy atom. The highest BCUT2D eigenvalue weighted by Crippen LogP contribution is 2.11. The van der Waals surface area contributed by atoms with Gasteiger partial charge in [-0.15, -0.1) is 0 Å². The minimum Gasteiger partial charge on any atom is -0.395 e. The summed E-state index contributed by atoms with van der Waals surface area (Å²) in [5.74, 6) is 0. The summed E-state index contributed by atoms with van der Waals surface area (Å²) in [7, 11) is 0. The summed E-state index contributed by atoms with van der Waals surface area (Å²) in [4.78, 5) is 4.79. The van der Waals surface area contributed by atoms with Gasteiger partial charge in [-0.3, -0.25) is 4.90 Å². The number of piperazine rings is 1. The lowest BCUT2D eigenvalue weighted by atomic mass is 10.0. The summed E-state index contributed by atoms with van der Waals surface area (Å²) in [6, 6.07) is 0.266. The first-order valence-electron chi connectivity index (χ1n) is 6.55. The number of aliphatic hydroxyl groups excluding tert-OH is 1. The van der Waals surface area contributed by atoms with Crippen LogP contribution in [0.3, 0.4) is 0 Å². The zero-order valence-corrected chi connectivity index (χ0v) is 10.7. The molecule has 0 spiro atoms. The van der Waals surface area contributed by atoms with Gasteiger partial charge in [-0.05, 0) is 13.0 Å². The molecule has 4 heteroatoms. The van der Waals surface area contributed by atoms with Crippen molar-refractivity contribution in [2.45, 2.75) is 38.8 Å². The van der Waals surface area contributed by atoms with E-state index < -0.39 is 0 Å². The number of nitrogens with two attached hydrogens (primary N) is 1. The van der Waals surface area contributed by atoms with E-state index >= 15 is 0 Å². The van der Waals surface area contributed by atoms with Crippen molar-refractivity contribution in [3.8, 4) is 0 Å². The van der Waals surface area contributed by atoms with Crippen LogP contribution in [0.4, 0.5) is 0 Å². The van der Waals surface area contributed by atoms with Crippen LogP contribution in [0.15, 0.2) is 0 Å². The first kappa shape index (κ1) is 13.9. The van der Waals surface area contributed by atoms with Gasteiger partial charge >= 0.3 is 0 Å². The Hall–Kier alpha value is -0.160. The maximum atomic E-state index is 9.46. The predicted molar refractivity (Wildman–Crippen MR) is 67.4 cm³/mol. The number of likely N-dealkylation sites (N-methyl/N-ethyl adjacent to an activating group) is 1. The molecule has 1 rings (SSSR count). The number of rotatable bonds is 6. The second-order valence-electron chi connectivity index (χ2n) is 4.67. The summed E-state index contributed by atoms with van der Waals surface area (Å²) in [5, 5.41) is 9.46. The standard InChI is InChI=1S/C12H27N3O/c1-3-5-11(13)12(10-16)15-8-6-14(4-2)7-9-15/h11-12,16H,3-10,13H2,1-2H3. The third-order valence-electron chi connectivity index (χ3n) is 3.63. The molecule has 1 aliphatic rings. The SMILES string of the molecule is CCCC(N)C(CO)N1CCN(CC)CC1. The predicted octanol–water partition coefficient (Wildman–Crippen LogP) is 0.112. The highest BCUT2D eigenvalue weighted by atomic mass is 16.3. The van der Waals surface area contributed by atoms with E-state index in [0.29, 0.717) is 0 Å². The molecule has 16 heavy (non-hydrogen) atoms. The van der Waals surface area contributed by atoms with Crippen molar-refractivity contribution in [3.63, 3.8) is 0 Å². The van der Waals surface area contributed by atoms with Crippen LogP contribution in [0.2, 0.25) is 0 Å². The molecule has 1 aliphatic heterocycles. The Morgan fingerprint density at radius 3 is 2.25 bits per heavy atom. The molecule has 0 saturated carbocycles. The number of hydrogen-bond acceptors (Lipinski definition) is 4. The second kappa shape index (κ2) is 7.22. The third kappa shape index (κ3) is 3.70. The van der Waals surface area contributed by atoms with Gasteiger partial charge in [-0.1, -0.05) is 20.3 Å². The highest BCUT2D eigenvalue weighted by Gasteiger charge is 2.26. The van der Waals surface area contributed by atoms with E-state index in [-0.39, 0.29) is 18.7 Å². The Morgan fingerprint density at radius 1 is 1.19 bits per heavy atom. The Labute approximate surface area is 99.4 Å². The van der Waals surface area contributed by atoms with Crippen LogP contribution < -0.4 is 5.73 Å². The van der Waals surface area contributed by atoms with Gasteiger partial charge in [0.1, 0.15) is 0 Å². The van der Waals surface area contributed by atoms with Gasteiger partial charge in [0, 0.05) is 38.3 Å². The molecule has 1 heterocycles. The summed E-state index contributed by atoms with van der Waals surface area (Å²) >= 11 is 0. The summed E-state index contributed by atoms with van der Waals surface area (Å²) in [5.41, 5.74) is 6.12. The van der Waals surface area contributed by atoms with E-state index in [4.69, 9.17) is 5.73 Å². The van der Waals surface area contributed by atoms with Gasteiger partial charge in [-0.25, -0.2) is 0 Å². The number of nitrogens with zero attached hydrogens (tertiary/aromatic N) is 2. The normalized spacial score (nSPS) is 23.2. The van der Waals surface area contributed by atoms with Crippen LogP contribution in [0, 0.1) is 0 Å². The van der Waals surface area contributed by atoms with Crippen molar-refractivity contribution in [2.75, 3.05) is 39.3 Å². The average molecular weight is 229 g/mol. The van der Waals surface area contributed by atoms with Crippen LogP contribution in [0.5, 0.6) is 0 Å². The Kier molecular flexibility index (Phi) is 6.28. The number of hydrogen-bond donors (Lipinski definition) is 2. The fourth-order valence-corrected chi connectivity index (χ4v) is 2.46. The lowest BCUT2D eigenvalue weighted by Crippen LogP contribution is -2.56. The fourth-order valence-electron chi connectivity index (χ4n) is 2.46. The maximum Gasteiger partial charge on any atom is 0.0601 e. The third-order valence-corrected chi connectivity index (χ3v) is 3.63. The van der Waals surface area contributed by atoms with Gasteiger partial charge < -0.3 is 15.7 Å². The monoisotopic (exact) mass is 229 g/mol. The first-order valence-corrected chi connectivity index (χ1v) is 6.55. The Bertz CT molecular complexity index is 181. The van der Waals surface area contributed by atoms with Crippen molar-refractivity contribution in [1.82, 2.24) is 9.80 Å². The van der Waals surface area contributed by atoms with E-state index in [9.17, 15) is 5.11 Å². The topological polar surface area (TPSA) is 52.7 Å². The van der Waals surface area contributed by atoms with Crippen molar-refractivity contribution in [1.29, 1.82) is 0 Å². The largest absolute Gasteiger partial charge is 0.395 e. The zero-order chi connectivity index (χ0) is 12.0. The summed E-state index contributed by atoms with van der Waals surface area (Å²) in [6.07, 6.45) is 2.09. The van der Waals surface area contributed by atoms with E-state index in [2.05, 4.69) is 23.6 Å². The summed E-state index contributed by atoms with van der Waals surface area (Å²) in [6.45, 7) is 9.93. The van der Waals surface area contributed by atoms with Crippen molar-refractivity contribution in [3.05, 3.63) is 0 Å². The van der Waals surface area contributed by atoms with Crippen molar-refractivity contribution in [2.24, 2.45) is 5.73 Å². The molecular weight excluding hydrogens is 202 g/mol. The Balaban J connectivity index is 2.42. The smallest absolute Gasteiger partial charge is 0.0601 e. The van der Waals surface area contributed by atoms with E-state index in [0.717, 1.165) is 45.6 Å². The molecule has 0 radical (unpaired) electrons. The van der Waals surface area contributed by atoms with Gasteiger partial charge in [0.2, 0.25) is 0 Å². The molecule has 1 saturated heterocycles. The van der Waals surface area contributed by atoms with Crippen molar-refractivity contribution >= 4 is 0 Å². The molecule has 0 aromatic heterocycles. The molecule has 0 aromatic rings. The van der Waals surface area contributed by atoms with E-state index in [1.807, 2.05) is 0 Å². The van der Waals surface area contributed by atoms with Gasteiger partial charge in [0.25, 0.3) is 0 Å². The minimum atomic E-state index is 0.114. The fraction of sp³-hybridized carbons (Fsp3) is 1.00. The van der Waals surface area contributed by atoms with Crippen LogP contribution in [0.1, 0.15) is 26.7 Å². The highest BCUT2D eigenvalue weighted by molar-refractivity contribution is 4.84. The molecule has 4 nitrogen and oxygen atoms in total.